The third-order valence-electron chi connectivity index (χ3n) is 3.71. The first-order valence-corrected chi connectivity index (χ1v) is 7.25. The number of halogens is 1. The second-order valence-electron chi connectivity index (χ2n) is 5.34. The zero-order valence-corrected chi connectivity index (χ0v) is 12.5. The van der Waals surface area contributed by atoms with Gasteiger partial charge in [-0.05, 0) is 25.0 Å². The molecule has 0 atom stereocenters. The van der Waals surface area contributed by atoms with E-state index in [0.717, 1.165) is 12.8 Å². The minimum atomic E-state index is -1.13. The molecule has 0 aliphatic heterocycles. The second-order valence-corrected chi connectivity index (χ2v) is 5.34. The smallest absolute Gasteiger partial charge is 0.341 e. The average molecular weight is 317 g/mol. The van der Waals surface area contributed by atoms with Crippen LogP contribution in [0, 0.1) is 5.82 Å². The number of carboxylic acids is 1. The molecule has 0 saturated heterocycles. The number of benzene rings is 1. The van der Waals surface area contributed by atoms with Crippen LogP contribution in [0.1, 0.15) is 40.5 Å². The number of anilines is 1. The highest BCUT2D eigenvalue weighted by Crippen LogP contribution is 2.38. The quantitative estimate of drug-likeness (QED) is 0.852. The van der Waals surface area contributed by atoms with Crippen LogP contribution in [0.25, 0.3) is 0 Å². The van der Waals surface area contributed by atoms with Gasteiger partial charge in [0.15, 0.2) is 0 Å². The van der Waals surface area contributed by atoms with Gasteiger partial charge in [-0.15, -0.1) is 0 Å². The van der Waals surface area contributed by atoms with Crippen LogP contribution in [0.2, 0.25) is 0 Å². The number of ether oxygens (including phenoxy) is 1. The molecule has 0 spiro atoms. The van der Waals surface area contributed by atoms with Gasteiger partial charge in [0.25, 0.3) is 0 Å². The lowest BCUT2D eigenvalue weighted by Crippen LogP contribution is -2.12. The number of hydrogen-bond acceptors (Lipinski definition) is 5. The highest BCUT2D eigenvalue weighted by Gasteiger charge is 2.28. The molecule has 1 aliphatic carbocycles. The van der Waals surface area contributed by atoms with Crippen LogP contribution in [-0.2, 0) is 6.54 Å². The Morgan fingerprint density at radius 2 is 2.26 bits per heavy atom. The summed E-state index contributed by atoms with van der Waals surface area (Å²) in [6.45, 7) is 0.0667. The topological polar surface area (TPSA) is 84.3 Å². The molecule has 2 N–H and O–H groups in total. The van der Waals surface area contributed by atoms with Crippen LogP contribution in [0.3, 0.4) is 0 Å². The number of nitrogens with one attached hydrogen (secondary N) is 1. The fourth-order valence-electron chi connectivity index (χ4n) is 2.30. The molecule has 0 unspecified atom stereocenters. The Labute approximate surface area is 132 Å². The van der Waals surface area contributed by atoms with Crippen molar-refractivity contribution in [3.05, 3.63) is 47.2 Å². The molecule has 0 radical (unpaired) electrons. The van der Waals surface area contributed by atoms with E-state index in [9.17, 15) is 14.3 Å². The largest absolute Gasteiger partial charge is 0.496 e. The molecule has 7 heteroatoms. The first-order chi connectivity index (χ1) is 11.1. The third kappa shape index (κ3) is 3.23. The molecule has 1 aromatic carbocycles. The van der Waals surface area contributed by atoms with E-state index < -0.39 is 11.8 Å². The Morgan fingerprint density at radius 1 is 1.48 bits per heavy atom. The number of carbonyl (C=O) groups is 1. The maximum atomic E-state index is 13.9. The van der Waals surface area contributed by atoms with Crippen molar-refractivity contribution in [2.45, 2.75) is 25.3 Å². The average Bonchev–Trinajstić information content (AvgIpc) is 3.38. The van der Waals surface area contributed by atoms with Crippen molar-refractivity contribution >= 4 is 11.8 Å². The third-order valence-corrected chi connectivity index (χ3v) is 3.71. The van der Waals surface area contributed by atoms with Gasteiger partial charge in [0.1, 0.15) is 28.8 Å². The van der Waals surface area contributed by atoms with Gasteiger partial charge < -0.3 is 15.2 Å². The van der Waals surface area contributed by atoms with Gasteiger partial charge in [0.05, 0.1) is 7.11 Å². The van der Waals surface area contributed by atoms with E-state index in [1.807, 2.05) is 0 Å². The van der Waals surface area contributed by atoms with Crippen molar-refractivity contribution < 1.29 is 19.0 Å². The van der Waals surface area contributed by atoms with E-state index in [2.05, 4.69) is 15.3 Å². The normalized spacial score (nSPS) is 13.7. The summed E-state index contributed by atoms with van der Waals surface area (Å²) in [5, 5.41) is 12.1. The van der Waals surface area contributed by atoms with Gasteiger partial charge in [-0.2, -0.15) is 0 Å². The molecule has 1 aliphatic rings. The van der Waals surface area contributed by atoms with E-state index in [1.54, 1.807) is 12.1 Å². The van der Waals surface area contributed by atoms with Crippen molar-refractivity contribution in [1.29, 1.82) is 0 Å². The molecular formula is C16H16FN3O3. The molecule has 120 valence electrons. The van der Waals surface area contributed by atoms with Gasteiger partial charge in [0.2, 0.25) is 0 Å². The predicted molar refractivity (Wildman–Crippen MR) is 81.2 cm³/mol. The Bertz CT molecular complexity index is 747. The van der Waals surface area contributed by atoms with Crippen LogP contribution >= 0.6 is 0 Å². The monoisotopic (exact) mass is 317 g/mol. The molecule has 6 nitrogen and oxygen atoms in total. The van der Waals surface area contributed by atoms with Crippen molar-refractivity contribution in [1.82, 2.24) is 9.97 Å². The molecule has 0 amide bonds. The van der Waals surface area contributed by atoms with E-state index in [-0.39, 0.29) is 17.9 Å². The Morgan fingerprint density at radius 3 is 2.91 bits per heavy atom. The van der Waals surface area contributed by atoms with Crippen LogP contribution < -0.4 is 10.1 Å². The highest BCUT2D eigenvalue weighted by molar-refractivity contribution is 5.92. The molecule has 1 heterocycles. The minimum absolute atomic E-state index is 0.0373. The number of rotatable bonds is 6. The summed E-state index contributed by atoms with van der Waals surface area (Å²) in [6, 6.07) is 4.53. The molecule has 1 fully saturated rings. The van der Waals surface area contributed by atoms with Crippen LogP contribution in [0.15, 0.2) is 24.4 Å². The molecule has 1 saturated carbocycles. The van der Waals surface area contributed by atoms with Crippen molar-refractivity contribution in [2.75, 3.05) is 12.4 Å². The summed E-state index contributed by atoms with van der Waals surface area (Å²) in [4.78, 5) is 19.7. The summed E-state index contributed by atoms with van der Waals surface area (Å²) >= 11 is 0. The van der Waals surface area contributed by atoms with Gasteiger partial charge in [-0.3, -0.25) is 0 Å². The number of hydrogen-bond donors (Lipinski definition) is 2. The van der Waals surface area contributed by atoms with Crippen LogP contribution in [0.4, 0.5) is 10.2 Å². The summed E-state index contributed by atoms with van der Waals surface area (Å²) in [6.07, 6.45) is 3.31. The summed E-state index contributed by atoms with van der Waals surface area (Å²) in [5.74, 6) is -0.0505. The lowest BCUT2D eigenvalue weighted by molar-refractivity contribution is 0.0697. The number of methoxy groups -OCH3 is 1. The molecule has 2 aromatic rings. The van der Waals surface area contributed by atoms with Gasteiger partial charge in [0, 0.05) is 24.2 Å². The number of aromatic carboxylic acids is 1. The van der Waals surface area contributed by atoms with Crippen molar-refractivity contribution in [3.8, 4) is 5.75 Å². The van der Waals surface area contributed by atoms with Gasteiger partial charge in [-0.1, -0.05) is 6.07 Å². The Balaban J connectivity index is 1.87. The van der Waals surface area contributed by atoms with E-state index in [1.165, 1.54) is 19.4 Å². The lowest BCUT2D eigenvalue weighted by atomic mass is 10.2. The zero-order chi connectivity index (χ0) is 16.4. The maximum Gasteiger partial charge on any atom is 0.341 e. The number of nitrogens with zero attached hydrogens (tertiary/aromatic N) is 2. The standard InChI is InChI=1S/C16H16FN3O3/c1-23-13-4-2-3-12(17)10(13)7-19-15-11(16(21)22)8-18-14(20-15)9-5-6-9/h2-4,8-9H,5-7H2,1H3,(H,21,22)(H,18,19,20). The second kappa shape index (κ2) is 6.20. The van der Waals surface area contributed by atoms with Crippen LogP contribution in [0.5, 0.6) is 5.75 Å². The Hall–Kier alpha value is -2.70. The minimum Gasteiger partial charge on any atom is -0.496 e. The SMILES string of the molecule is COc1cccc(F)c1CNc1nc(C2CC2)ncc1C(=O)O. The number of carboxylic acid groups (broad SMARTS) is 1. The highest BCUT2D eigenvalue weighted by atomic mass is 19.1. The van der Waals surface area contributed by atoms with Gasteiger partial charge >= 0.3 is 5.97 Å². The zero-order valence-electron chi connectivity index (χ0n) is 12.5. The number of aromatic nitrogens is 2. The summed E-state index contributed by atoms with van der Waals surface area (Å²) in [5.41, 5.74) is 0.280. The lowest BCUT2D eigenvalue weighted by Gasteiger charge is -2.13. The predicted octanol–water partition coefficient (Wildman–Crippen LogP) is 2.81. The fraction of sp³-hybridized carbons (Fsp3) is 0.312. The molecule has 3 rings (SSSR count). The Kier molecular flexibility index (Phi) is 4.10. The summed E-state index contributed by atoms with van der Waals surface area (Å²) in [7, 11) is 1.46. The van der Waals surface area contributed by atoms with Crippen LogP contribution in [-0.4, -0.2) is 28.2 Å². The fourth-order valence-corrected chi connectivity index (χ4v) is 2.30. The van der Waals surface area contributed by atoms with Crippen molar-refractivity contribution in [2.24, 2.45) is 0 Å². The van der Waals surface area contributed by atoms with E-state index in [4.69, 9.17) is 4.74 Å². The molecule has 0 bridgehead atoms. The maximum absolute atomic E-state index is 13.9. The first-order valence-electron chi connectivity index (χ1n) is 7.25. The van der Waals surface area contributed by atoms with Gasteiger partial charge in [-0.25, -0.2) is 19.2 Å². The molecule has 23 heavy (non-hydrogen) atoms. The first kappa shape index (κ1) is 15.2. The molecular weight excluding hydrogens is 301 g/mol. The van der Waals surface area contributed by atoms with Crippen molar-refractivity contribution in [3.63, 3.8) is 0 Å². The summed E-state index contributed by atoms with van der Waals surface area (Å²) < 4.78 is 19.1. The van der Waals surface area contributed by atoms with E-state index in [0.29, 0.717) is 23.1 Å². The molecule has 1 aromatic heterocycles. The van der Waals surface area contributed by atoms with E-state index >= 15 is 0 Å².